The van der Waals surface area contributed by atoms with Crippen LogP contribution in [0.3, 0.4) is 0 Å². The summed E-state index contributed by atoms with van der Waals surface area (Å²) in [6.45, 7) is 0. The molecule has 0 saturated heterocycles. The number of amidine groups is 1. The lowest BCUT2D eigenvalue weighted by atomic mass is 10.5. The molecule has 0 aliphatic carbocycles. The van der Waals surface area contributed by atoms with E-state index in [0.717, 1.165) is 0 Å². The van der Waals surface area contributed by atoms with Crippen molar-refractivity contribution in [3.8, 4) is 0 Å². The summed E-state index contributed by atoms with van der Waals surface area (Å²) >= 11 is 0. The van der Waals surface area contributed by atoms with Crippen molar-refractivity contribution in [2.45, 2.75) is 6.17 Å². The van der Waals surface area contributed by atoms with Crippen molar-refractivity contribution in [3.05, 3.63) is 0 Å². The highest BCUT2D eigenvalue weighted by Crippen LogP contribution is 1.99. The van der Waals surface area contributed by atoms with E-state index in [1.165, 1.54) is 14.2 Å². The average Bonchev–Trinajstić information content (AvgIpc) is 2.27. The standard InChI is InChI=1S/C6H8N4O4/c1-13-5(11)3-7-9-4(10-8-3)6(12)14-2/h3,7H,1-2H3. The minimum Gasteiger partial charge on any atom is -0.466 e. The van der Waals surface area contributed by atoms with E-state index >= 15 is 0 Å². The Morgan fingerprint density at radius 2 is 2.07 bits per heavy atom. The molecule has 0 aromatic heterocycles. The van der Waals surface area contributed by atoms with E-state index in [2.05, 4.69) is 30.2 Å². The van der Waals surface area contributed by atoms with Crippen LogP contribution in [0.15, 0.2) is 15.3 Å². The number of carbonyl (C=O) groups excluding carboxylic acids is 2. The molecule has 0 spiro atoms. The van der Waals surface area contributed by atoms with Gasteiger partial charge in [-0.25, -0.2) is 9.59 Å². The van der Waals surface area contributed by atoms with Gasteiger partial charge in [-0.3, -0.25) is 5.43 Å². The molecule has 1 aliphatic heterocycles. The number of hydrazone groups is 1. The van der Waals surface area contributed by atoms with Gasteiger partial charge in [-0.05, 0) is 0 Å². The first kappa shape index (κ1) is 10.1. The Morgan fingerprint density at radius 3 is 2.50 bits per heavy atom. The highest BCUT2D eigenvalue weighted by molar-refractivity contribution is 6.35. The zero-order valence-corrected chi connectivity index (χ0v) is 7.55. The molecular weight excluding hydrogens is 192 g/mol. The Morgan fingerprint density at radius 1 is 1.36 bits per heavy atom. The number of azo groups is 1. The Hall–Kier alpha value is -1.99. The number of nitrogens with zero attached hydrogens (tertiary/aromatic N) is 3. The van der Waals surface area contributed by atoms with E-state index in [1.807, 2.05) is 0 Å². The zero-order chi connectivity index (χ0) is 10.6. The van der Waals surface area contributed by atoms with Gasteiger partial charge in [-0.1, -0.05) is 0 Å². The molecule has 1 heterocycles. The van der Waals surface area contributed by atoms with Gasteiger partial charge in [0.2, 0.25) is 0 Å². The van der Waals surface area contributed by atoms with Crippen molar-refractivity contribution in [2.75, 3.05) is 14.2 Å². The second-order valence-corrected chi connectivity index (χ2v) is 2.20. The van der Waals surface area contributed by atoms with Crippen LogP contribution < -0.4 is 5.43 Å². The number of hydrogen-bond acceptors (Lipinski definition) is 8. The molecule has 8 nitrogen and oxygen atoms in total. The molecule has 1 unspecified atom stereocenters. The third kappa shape index (κ3) is 2.03. The van der Waals surface area contributed by atoms with Crippen molar-refractivity contribution in [2.24, 2.45) is 15.3 Å². The van der Waals surface area contributed by atoms with Crippen LogP contribution in [0.5, 0.6) is 0 Å². The van der Waals surface area contributed by atoms with Gasteiger partial charge in [-0.15, -0.1) is 15.3 Å². The lowest BCUT2D eigenvalue weighted by Gasteiger charge is -2.11. The third-order valence-electron chi connectivity index (χ3n) is 1.35. The maximum atomic E-state index is 10.9. The van der Waals surface area contributed by atoms with Crippen LogP contribution in [0.25, 0.3) is 0 Å². The summed E-state index contributed by atoms with van der Waals surface area (Å²) < 4.78 is 8.70. The predicted octanol–water partition coefficient (Wildman–Crippen LogP) is -0.973. The Balaban J connectivity index is 2.62. The SMILES string of the molecule is COC(=O)C1=NNC(C(=O)OC)N=N1. The summed E-state index contributed by atoms with van der Waals surface area (Å²) in [5, 5.41) is 10.3. The molecule has 1 N–H and O–H groups in total. The minimum atomic E-state index is -1.01. The second-order valence-electron chi connectivity index (χ2n) is 2.20. The molecule has 8 heteroatoms. The largest absolute Gasteiger partial charge is 0.466 e. The summed E-state index contributed by atoms with van der Waals surface area (Å²) in [5.74, 6) is -1.61. The smallest absolute Gasteiger partial charge is 0.379 e. The average molecular weight is 200 g/mol. The second kappa shape index (κ2) is 4.30. The van der Waals surface area contributed by atoms with Crippen LogP contribution in [0, 0.1) is 0 Å². The number of ether oxygens (including phenoxy) is 2. The highest BCUT2D eigenvalue weighted by atomic mass is 16.5. The van der Waals surface area contributed by atoms with Crippen LogP contribution >= 0.6 is 0 Å². The van der Waals surface area contributed by atoms with Crippen LogP contribution in [-0.2, 0) is 19.1 Å². The maximum Gasteiger partial charge on any atom is 0.379 e. The van der Waals surface area contributed by atoms with Crippen molar-refractivity contribution in [1.82, 2.24) is 5.43 Å². The van der Waals surface area contributed by atoms with Gasteiger partial charge in [0.25, 0.3) is 12.0 Å². The fraction of sp³-hybridized carbons (Fsp3) is 0.500. The summed E-state index contributed by atoms with van der Waals surface area (Å²) in [6.07, 6.45) is -1.01. The molecule has 0 amide bonds. The zero-order valence-electron chi connectivity index (χ0n) is 7.55. The number of hydrogen-bond donors (Lipinski definition) is 1. The van der Waals surface area contributed by atoms with Gasteiger partial charge in [0, 0.05) is 0 Å². The van der Waals surface area contributed by atoms with E-state index in [9.17, 15) is 9.59 Å². The van der Waals surface area contributed by atoms with E-state index in [1.54, 1.807) is 0 Å². The van der Waals surface area contributed by atoms with Crippen molar-refractivity contribution in [1.29, 1.82) is 0 Å². The van der Waals surface area contributed by atoms with Gasteiger partial charge in [-0.2, -0.15) is 0 Å². The Kier molecular flexibility index (Phi) is 3.10. The van der Waals surface area contributed by atoms with Crippen LogP contribution in [0.4, 0.5) is 0 Å². The predicted molar refractivity (Wildman–Crippen MR) is 43.2 cm³/mol. The summed E-state index contributed by atoms with van der Waals surface area (Å²) in [4.78, 5) is 21.7. The topological polar surface area (TPSA) is 102 Å². The first-order valence-electron chi connectivity index (χ1n) is 3.59. The van der Waals surface area contributed by atoms with Crippen LogP contribution in [0.2, 0.25) is 0 Å². The normalized spacial score (nSPS) is 19.3. The lowest BCUT2D eigenvalue weighted by Crippen LogP contribution is -2.36. The molecule has 14 heavy (non-hydrogen) atoms. The van der Waals surface area contributed by atoms with Crippen molar-refractivity contribution < 1.29 is 19.1 Å². The molecule has 0 fully saturated rings. The quantitative estimate of drug-likeness (QED) is 0.577. The van der Waals surface area contributed by atoms with Crippen molar-refractivity contribution in [3.63, 3.8) is 0 Å². The molecule has 0 radical (unpaired) electrons. The van der Waals surface area contributed by atoms with Gasteiger partial charge in [0.1, 0.15) is 0 Å². The van der Waals surface area contributed by atoms with E-state index in [-0.39, 0.29) is 5.84 Å². The number of carbonyl (C=O) groups is 2. The number of nitrogens with one attached hydrogen (secondary N) is 1. The van der Waals surface area contributed by atoms with E-state index < -0.39 is 18.1 Å². The third-order valence-corrected chi connectivity index (χ3v) is 1.35. The van der Waals surface area contributed by atoms with Gasteiger partial charge < -0.3 is 9.47 Å². The first-order chi connectivity index (χ1) is 6.69. The van der Waals surface area contributed by atoms with Crippen molar-refractivity contribution >= 4 is 17.8 Å². The lowest BCUT2D eigenvalue weighted by molar-refractivity contribution is -0.143. The summed E-state index contributed by atoms with van der Waals surface area (Å²) in [5.41, 5.74) is 2.29. The van der Waals surface area contributed by atoms with Gasteiger partial charge >= 0.3 is 11.9 Å². The Labute approximate surface area is 79.0 Å². The molecule has 0 bridgehead atoms. The molecule has 1 aliphatic rings. The van der Waals surface area contributed by atoms with Crippen LogP contribution in [-0.4, -0.2) is 38.2 Å². The van der Waals surface area contributed by atoms with Gasteiger partial charge in [0.05, 0.1) is 14.2 Å². The maximum absolute atomic E-state index is 10.9. The monoisotopic (exact) mass is 200 g/mol. The van der Waals surface area contributed by atoms with E-state index in [4.69, 9.17) is 0 Å². The van der Waals surface area contributed by atoms with Gasteiger partial charge in [0.15, 0.2) is 0 Å². The molecule has 0 saturated carbocycles. The molecule has 0 aromatic carbocycles. The molecule has 76 valence electrons. The number of esters is 2. The molecule has 0 aromatic rings. The molecule has 1 atom stereocenters. The minimum absolute atomic E-state index is 0.243. The fourth-order valence-electron chi connectivity index (χ4n) is 0.672. The number of methoxy groups -OCH3 is 2. The summed E-state index contributed by atoms with van der Waals surface area (Å²) in [7, 11) is 2.39. The number of rotatable bonds is 2. The fourth-order valence-corrected chi connectivity index (χ4v) is 0.672. The first-order valence-corrected chi connectivity index (χ1v) is 3.59. The molecular formula is C6H8N4O4. The van der Waals surface area contributed by atoms with Crippen LogP contribution in [0.1, 0.15) is 0 Å². The Bertz CT molecular complexity index is 311. The molecule has 1 rings (SSSR count). The highest BCUT2D eigenvalue weighted by Gasteiger charge is 2.23. The summed E-state index contributed by atoms with van der Waals surface area (Å²) in [6, 6.07) is 0. The van der Waals surface area contributed by atoms with E-state index in [0.29, 0.717) is 0 Å².